The monoisotopic (exact) mass is 221 g/mol. The van der Waals surface area contributed by atoms with E-state index in [0.29, 0.717) is 5.92 Å². The molecule has 2 unspecified atom stereocenters. The standard InChI is InChI=1S/C14H23NO/c1-4-6-7-8-9-13-10-14(13)11-15(5-2)12(3)16/h5-7,13-14H,2,4,8-11H2,1,3H3/b7-6-. The van der Waals surface area contributed by atoms with E-state index in [4.69, 9.17) is 0 Å². The van der Waals surface area contributed by atoms with Crippen molar-refractivity contribution in [3.8, 4) is 0 Å². The Morgan fingerprint density at radius 3 is 2.75 bits per heavy atom. The Morgan fingerprint density at radius 1 is 1.44 bits per heavy atom. The lowest BCUT2D eigenvalue weighted by Gasteiger charge is -2.15. The third-order valence-corrected chi connectivity index (χ3v) is 3.23. The van der Waals surface area contributed by atoms with Crippen molar-refractivity contribution in [3.63, 3.8) is 0 Å². The van der Waals surface area contributed by atoms with Crippen LogP contribution in [0.15, 0.2) is 24.9 Å². The second-order valence-corrected chi connectivity index (χ2v) is 4.57. The van der Waals surface area contributed by atoms with Gasteiger partial charge in [-0.2, -0.15) is 0 Å². The van der Waals surface area contributed by atoms with Crippen molar-refractivity contribution in [2.75, 3.05) is 6.54 Å². The van der Waals surface area contributed by atoms with E-state index < -0.39 is 0 Å². The summed E-state index contributed by atoms with van der Waals surface area (Å²) in [7, 11) is 0. The molecule has 2 heteroatoms. The lowest BCUT2D eigenvalue weighted by Crippen LogP contribution is -2.25. The van der Waals surface area contributed by atoms with Crippen molar-refractivity contribution in [2.24, 2.45) is 11.8 Å². The lowest BCUT2D eigenvalue weighted by molar-refractivity contribution is -0.126. The van der Waals surface area contributed by atoms with Gasteiger partial charge in [0.2, 0.25) is 5.91 Å². The summed E-state index contributed by atoms with van der Waals surface area (Å²) in [5.74, 6) is 1.63. The van der Waals surface area contributed by atoms with Gasteiger partial charge in [0.15, 0.2) is 0 Å². The van der Waals surface area contributed by atoms with Crippen molar-refractivity contribution >= 4 is 5.91 Å². The smallest absolute Gasteiger partial charge is 0.223 e. The van der Waals surface area contributed by atoms with Gasteiger partial charge in [-0.25, -0.2) is 0 Å². The molecule has 0 aromatic carbocycles. The maximum absolute atomic E-state index is 11.2. The number of carbonyl (C=O) groups excluding carboxylic acids is 1. The van der Waals surface area contributed by atoms with Crippen LogP contribution in [0.3, 0.4) is 0 Å². The first-order chi connectivity index (χ1) is 7.69. The molecular weight excluding hydrogens is 198 g/mol. The minimum absolute atomic E-state index is 0.103. The number of carbonyl (C=O) groups is 1. The second kappa shape index (κ2) is 6.51. The second-order valence-electron chi connectivity index (χ2n) is 4.57. The Labute approximate surface area is 99.0 Å². The summed E-state index contributed by atoms with van der Waals surface area (Å²) in [5.41, 5.74) is 0. The SMILES string of the molecule is C=CN(CC1CC1CC/C=C\CC)C(C)=O. The maximum Gasteiger partial charge on any atom is 0.223 e. The molecule has 0 N–H and O–H groups in total. The fourth-order valence-corrected chi connectivity index (χ4v) is 2.07. The molecule has 1 fully saturated rings. The van der Waals surface area contributed by atoms with Gasteiger partial charge >= 0.3 is 0 Å². The molecule has 1 saturated carbocycles. The van der Waals surface area contributed by atoms with Gasteiger partial charge in [-0.15, -0.1) is 0 Å². The average Bonchev–Trinajstić information content (AvgIpc) is 2.99. The predicted octanol–water partition coefficient (Wildman–Crippen LogP) is 3.36. The van der Waals surface area contributed by atoms with Crippen LogP contribution in [0.5, 0.6) is 0 Å². The zero-order valence-electron chi connectivity index (χ0n) is 10.5. The molecule has 0 spiro atoms. The van der Waals surface area contributed by atoms with E-state index in [1.54, 1.807) is 18.0 Å². The Balaban J connectivity index is 2.16. The summed E-state index contributed by atoms with van der Waals surface area (Å²) in [6.07, 6.45) is 11.0. The normalized spacial score (nSPS) is 23.4. The van der Waals surface area contributed by atoms with Crippen molar-refractivity contribution < 1.29 is 4.79 Å². The highest BCUT2D eigenvalue weighted by molar-refractivity contribution is 5.74. The van der Waals surface area contributed by atoms with E-state index >= 15 is 0 Å². The maximum atomic E-state index is 11.2. The molecule has 2 atom stereocenters. The van der Waals surface area contributed by atoms with Crippen molar-refractivity contribution in [2.45, 2.75) is 39.5 Å². The summed E-state index contributed by atoms with van der Waals surface area (Å²) in [6.45, 7) is 8.29. The number of nitrogens with zero attached hydrogens (tertiary/aromatic N) is 1. The summed E-state index contributed by atoms with van der Waals surface area (Å²) in [5, 5.41) is 0. The van der Waals surface area contributed by atoms with Crippen molar-refractivity contribution in [1.82, 2.24) is 4.90 Å². The van der Waals surface area contributed by atoms with Gasteiger partial charge in [-0.3, -0.25) is 4.79 Å². The van der Waals surface area contributed by atoms with Crippen LogP contribution in [-0.2, 0) is 4.79 Å². The lowest BCUT2D eigenvalue weighted by atomic mass is 10.1. The Bertz CT molecular complexity index is 270. The Morgan fingerprint density at radius 2 is 2.19 bits per heavy atom. The molecule has 16 heavy (non-hydrogen) atoms. The van der Waals surface area contributed by atoms with Crippen LogP contribution in [0.25, 0.3) is 0 Å². The largest absolute Gasteiger partial charge is 0.320 e. The molecular formula is C14H23NO. The van der Waals surface area contributed by atoms with Crippen LogP contribution in [0.4, 0.5) is 0 Å². The van der Waals surface area contributed by atoms with Gasteiger partial charge in [0.1, 0.15) is 0 Å². The molecule has 1 rings (SSSR count). The molecule has 0 bridgehead atoms. The van der Waals surface area contributed by atoms with Gasteiger partial charge in [0.05, 0.1) is 0 Å². The van der Waals surface area contributed by atoms with E-state index in [9.17, 15) is 4.79 Å². The van der Waals surface area contributed by atoms with Crippen LogP contribution in [0.2, 0.25) is 0 Å². The van der Waals surface area contributed by atoms with E-state index in [2.05, 4.69) is 25.7 Å². The van der Waals surface area contributed by atoms with Gasteiger partial charge < -0.3 is 4.90 Å². The molecule has 0 saturated heterocycles. The molecule has 2 nitrogen and oxygen atoms in total. The quantitative estimate of drug-likeness (QED) is 0.604. The molecule has 0 aliphatic heterocycles. The Hall–Kier alpha value is -1.05. The predicted molar refractivity (Wildman–Crippen MR) is 67.8 cm³/mol. The van der Waals surface area contributed by atoms with Gasteiger partial charge in [0.25, 0.3) is 0 Å². The van der Waals surface area contributed by atoms with Crippen LogP contribution >= 0.6 is 0 Å². The highest BCUT2D eigenvalue weighted by Crippen LogP contribution is 2.42. The number of amides is 1. The van der Waals surface area contributed by atoms with Gasteiger partial charge in [-0.05, 0) is 43.7 Å². The number of allylic oxidation sites excluding steroid dienone is 2. The summed E-state index contributed by atoms with van der Waals surface area (Å²) in [4.78, 5) is 12.9. The molecule has 90 valence electrons. The molecule has 0 aromatic heterocycles. The van der Waals surface area contributed by atoms with Crippen LogP contribution in [0.1, 0.15) is 39.5 Å². The summed E-state index contributed by atoms with van der Waals surface area (Å²) < 4.78 is 0. The van der Waals surface area contributed by atoms with Crippen LogP contribution in [0, 0.1) is 11.8 Å². The fraction of sp³-hybridized carbons (Fsp3) is 0.643. The van der Waals surface area contributed by atoms with E-state index in [-0.39, 0.29) is 5.91 Å². The topological polar surface area (TPSA) is 20.3 Å². The first-order valence-electron chi connectivity index (χ1n) is 6.23. The minimum Gasteiger partial charge on any atom is -0.320 e. The minimum atomic E-state index is 0.103. The molecule has 0 radical (unpaired) electrons. The first kappa shape index (κ1) is 13.0. The number of hydrogen-bond donors (Lipinski definition) is 0. The highest BCUT2D eigenvalue weighted by Gasteiger charge is 2.37. The van der Waals surface area contributed by atoms with Crippen LogP contribution < -0.4 is 0 Å². The molecule has 1 amide bonds. The number of hydrogen-bond acceptors (Lipinski definition) is 1. The van der Waals surface area contributed by atoms with Crippen LogP contribution in [-0.4, -0.2) is 17.4 Å². The molecule has 0 heterocycles. The Kier molecular flexibility index (Phi) is 5.30. The van der Waals surface area contributed by atoms with Crippen molar-refractivity contribution in [1.29, 1.82) is 0 Å². The van der Waals surface area contributed by atoms with E-state index in [0.717, 1.165) is 18.9 Å². The molecule has 1 aliphatic carbocycles. The van der Waals surface area contributed by atoms with Gasteiger partial charge in [-0.1, -0.05) is 25.7 Å². The molecule has 1 aliphatic rings. The van der Waals surface area contributed by atoms with Gasteiger partial charge in [0, 0.05) is 13.5 Å². The average molecular weight is 221 g/mol. The zero-order valence-corrected chi connectivity index (χ0v) is 10.5. The van der Waals surface area contributed by atoms with Crippen molar-refractivity contribution in [3.05, 3.63) is 24.9 Å². The first-order valence-corrected chi connectivity index (χ1v) is 6.23. The third kappa shape index (κ3) is 4.21. The third-order valence-electron chi connectivity index (χ3n) is 3.23. The summed E-state index contributed by atoms with van der Waals surface area (Å²) >= 11 is 0. The zero-order chi connectivity index (χ0) is 12.0. The highest BCUT2D eigenvalue weighted by atomic mass is 16.2. The van der Waals surface area contributed by atoms with E-state index in [1.807, 2.05) is 0 Å². The fourth-order valence-electron chi connectivity index (χ4n) is 2.07. The summed E-state index contributed by atoms with van der Waals surface area (Å²) in [6, 6.07) is 0. The number of rotatable bonds is 7. The molecule has 0 aromatic rings. The van der Waals surface area contributed by atoms with E-state index in [1.165, 1.54) is 19.3 Å².